The summed E-state index contributed by atoms with van der Waals surface area (Å²) in [6.07, 6.45) is 0.681. The number of primary amides is 1. The summed E-state index contributed by atoms with van der Waals surface area (Å²) in [4.78, 5) is 14.8. The highest BCUT2D eigenvalue weighted by atomic mass is 19.1. The number of carbonyl (C=O) groups excluding carboxylic acids is 1. The molecule has 2 aromatic rings. The van der Waals surface area contributed by atoms with E-state index < -0.39 is 0 Å². The van der Waals surface area contributed by atoms with Crippen molar-refractivity contribution in [2.24, 2.45) is 5.73 Å². The minimum absolute atomic E-state index is 0.226. The van der Waals surface area contributed by atoms with E-state index in [1.165, 1.54) is 6.07 Å². The molecular formula is C13H13FN2O. The van der Waals surface area contributed by atoms with Gasteiger partial charge in [0.15, 0.2) is 0 Å². The molecule has 0 radical (unpaired) electrons. The molecule has 0 aliphatic rings. The number of halogens is 1. The van der Waals surface area contributed by atoms with Crippen LogP contribution >= 0.6 is 0 Å². The van der Waals surface area contributed by atoms with E-state index in [-0.39, 0.29) is 18.1 Å². The summed E-state index contributed by atoms with van der Waals surface area (Å²) < 4.78 is 13.8. The van der Waals surface area contributed by atoms with Crippen molar-refractivity contribution in [3.05, 3.63) is 41.3 Å². The minimum Gasteiger partial charge on any atom is -0.370 e. The van der Waals surface area contributed by atoms with Gasteiger partial charge in [-0.05, 0) is 37.1 Å². The second-order valence-corrected chi connectivity index (χ2v) is 4.07. The molecule has 0 unspecified atom stereocenters. The number of aryl methyl sites for hydroxylation is 2. The van der Waals surface area contributed by atoms with Crippen molar-refractivity contribution >= 4 is 16.8 Å². The number of aromatic nitrogens is 1. The van der Waals surface area contributed by atoms with Crippen molar-refractivity contribution in [1.29, 1.82) is 0 Å². The van der Waals surface area contributed by atoms with Gasteiger partial charge in [-0.3, -0.25) is 9.78 Å². The summed E-state index contributed by atoms with van der Waals surface area (Å²) in [5, 5.41) is 0.745. The molecule has 88 valence electrons. The molecule has 2 N–H and O–H groups in total. The minimum atomic E-state index is -0.382. The fraction of sp³-hybridized carbons (Fsp3) is 0.231. The fourth-order valence-corrected chi connectivity index (χ4v) is 1.76. The molecule has 1 aromatic carbocycles. The number of carbonyl (C=O) groups is 1. The lowest BCUT2D eigenvalue weighted by atomic mass is 10.1. The van der Waals surface area contributed by atoms with E-state index in [2.05, 4.69) is 4.98 Å². The quantitative estimate of drug-likeness (QED) is 0.881. The molecule has 0 saturated carbocycles. The lowest BCUT2D eigenvalue weighted by Gasteiger charge is -2.04. The highest BCUT2D eigenvalue weighted by Crippen LogP contribution is 2.19. The Balaban J connectivity index is 2.41. The molecule has 0 aliphatic heterocycles. The smallest absolute Gasteiger partial charge is 0.217 e. The molecule has 1 aromatic heterocycles. The third-order valence-corrected chi connectivity index (χ3v) is 2.61. The summed E-state index contributed by atoms with van der Waals surface area (Å²) in [5.41, 5.74) is 6.98. The number of nitrogens with two attached hydrogens (primary N) is 1. The van der Waals surface area contributed by atoms with Crippen molar-refractivity contribution in [3.8, 4) is 0 Å². The van der Waals surface area contributed by atoms with Gasteiger partial charge in [-0.1, -0.05) is 6.07 Å². The van der Waals surface area contributed by atoms with E-state index in [0.29, 0.717) is 11.9 Å². The molecule has 0 saturated heterocycles. The number of benzene rings is 1. The second kappa shape index (κ2) is 4.49. The first kappa shape index (κ1) is 11.5. The summed E-state index contributed by atoms with van der Waals surface area (Å²) in [7, 11) is 0. The molecule has 2 rings (SSSR count). The van der Waals surface area contributed by atoms with Crippen LogP contribution in [-0.2, 0) is 11.2 Å². The highest BCUT2D eigenvalue weighted by Gasteiger charge is 2.06. The first-order chi connectivity index (χ1) is 8.06. The zero-order chi connectivity index (χ0) is 12.4. The lowest BCUT2D eigenvalue weighted by Crippen LogP contribution is -2.11. The molecule has 0 atom stereocenters. The zero-order valence-corrected chi connectivity index (χ0v) is 9.53. The van der Waals surface area contributed by atoms with Crippen LogP contribution in [0.15, 0.2) is 24.3 Å². The standard InChI is InChI=1S/C13H13FN2O/c1-8-2-4-10-6-9(3-5-12(15)17)7-11(14)13(10)16-8/h2,4,6-7H,3,5H2,1H3,(H2,15,17). The van der Waals surface area contributed by atoms with E-state index in [9.17, 15) is 9.18 Å². The van der Waals surface area contributed by atoms with Gasteiger partial charge in [0, 0.05) is 17.5 Å². The van der Waals surface area contributed by atoms with Crippen molar-refractivity contribution in [2.75, 3.05) is 0 Å². The molecule has 1 heterocycles. The highest BCUT2D eigenvalue weighted by molar-refractivity contribution is 5.80. The maximum Gasteiger partial charge on any atom is 0.217 e. The largest absolute Gasteiger partial charge is 0.370 e. The van der Waals surface area contributed by atoms with Gasteiger partial charge in [-0.25, -0.2) is 4.39 Å². The van der Waals surface area contributed by atoms with Crippen molar-refractivity contribution < 1.29 is 9.18 Å². The predicted octanol–water partition coefficient (Wildman–Crippen LogP) is 2.10. The summed E-state index contributed by atoms with van der Waals surface area (Å²) >= 11 is 0. The summed E-state index contributed by atoms with van der Waals surface area (Å²) in [6.45, 7) is 1.82. The Bertz CT molecular complexity index is 581. The molecule has 0 fully saturated rings. The number of hydrogen-bond acceptors (Lipinski definition) is 2. The van der Waals surface area contributed by atoms with Crippen LogP contribution in [0.25, 0.3) is 10.9 Å². The van der Waals surface area contributed by atoms with Crippen LogP contribution in [0.5, 0.6) is 0 Å². The first-order valence-electron chi connectivity index (χ1n) is 5.40. The average molecular weight is 232 g/mol. The van der Waals surface area contributed by atoms with E-state index in [0.717, 1.165) is 16.6 Å². The van der Waals surface area contributed by atoms with Gasteiger partial charge in [0.25, 0.3) is 0 Å². The number of fused-ring (bicyclic) bond motifs is 1. The molecule has 3 nitrogen and oxygen atoms in total. The van der Waals surface area contributed by atoms with Crippen LogP contribution in [-0.4, -0.2) is 10.9 Å². The number of rotatable bonds is 3. The topological polar surface area (TPSA) is 56.0 Å². The Morgan fingerprint density at radius 2 is 2.18 bits per heavy atom. The first-order valence-corrected chi connectivity index (χ1v) is 5.40. The van der Waals surface area contributed by atoms with Crippen LogP contribution in [0.2, 0.25) is 0 Å². The number of hydrogen-bond donors (Lipinski definition) is 1. The molecule has 1 amide bonds. The van der Waals surface area contributed by atoms with Crippen LogP contribution < -0.4 is 5.73 Å². The Labute approximate surface area is 98.5 Å². The van der Waals surface area contributed by atoms with Crippen LogP contribution in [0, 0.1) is 12.7 Å². The number of pyridine rings is 1. The van der Waals surface area contributed by atoms with Crippen LogP contribution in [0.1, 0.15) is 17.7 Å². The van der Waals surface area contributed by atoms with Crippen molar-refractivity contribution in [2.45, 2.75) is 19.8 Å². The predicted molar refractivity (Wildman–Crippen MR) is 64.0 cm³/mol. The molecule has 17 heavy (non-hydrogen) atoms. The van der Waals surface area contributed by atoms with Gasteiger partial charge in [-0.2, -0.15) is 0 Å². The summed E-state index contributed by atoms with van der Waals surface area (Å²) in [6, 6.07) is 6.92. The molecule has 0 bridgehead atoms. The molecule has 4 heteroatoms. The SMILES string of the molecule is Cc1ccc2cc(CCC(N)=O)cc(F)c2n1. The molecule has 0 spiro atoms. The van der Waals surface area contributed by atoms with Crippen molar-refractivity contribution in [3.63, 3.8) is 0 Å². The third-order valence-electron chi connectivity index (χ3n) is 2.61. The van der Waals surface area contributed by atoms with Crippen LogP contribution in [0.4, 0.5) is 4.39 Å². The Morgan fingerprint density at radius 3 is 2.88 bits per heavy atom. The van der Waals surface area contributed by atoms with Gasteiger partial charge in [0.1, 0.15) is 11.3 Å². The van der Waals surface area contributed by atoms with Gasteiger partial charge in [-0.15, -0.1) is 0 Å². The Kier molecular flexibility index (Phi) is 3.04. The second-order valence-electron chi connectivity index (χ2n) is 4.07. The normalized spacial score (nSPS) is 10.7. The number of nitrogens with zero attached hydrogens (tertiary/aromatic N) is 1. The van der Waals surface area contributed by atoms with Gasteiger partial charge < -0.3 is 5.73 Å². The molecular weight excluding hydrogens is 219 g/mol. The average Bonchev–Trinajstić information content (AvgIpc) is 2.27. The van der Waals surface area contributed by atoms with E-state index in [1.807, 2.05) is 25.1 Å². The van der Waals surface area contributed by atoms with Crippen molar-refractivity contribution in [1.82, 2.24) is 4.98 Å². The van der Waals surface area contributed by atoms with E-state index >= 15 is 0 Å². The Hall–Kier alpha value is -1.97. The monoisotopic (exact) mass is 232 g/mol. The maximum absolute atomic E-state index is 13.8. The van der Waals surface area contributed by atoms with Crippen LogP contribution in [0.3, 0.4) is 0 Å². The summed E-state index contributed by atoms with van der Waals surface area (Å²) in [5.74, 6) is -0.738. The van der Waals surface area contributed by atoms with Gasteiger partial charge >= 0.3 is 0 Å². The third kappa shape index (κ3) is 2.58. The lowest BCUT2D eigenvalue weighted by molar-refractivity contribution is -0.117. The maximum atomic E-state index is 13.8. The van der Waals surface area contributed by atoms with E-state index in [1.54, 1.807) is 0 Å². The van der Waals surface area contributed by atoms with E-state index in [4.69, 9.17) is 5.73 Å². The fourth-order valence-electron chi connectivity index (χ4n) is 1.76. The number of amides is 1. The van der Waals surface area contributed by atoms with Gasteiger partial charge in [0.05, 0.1) is 0 Å². The van der Waals surface area contributed by atoms with Gasteiger partial charge in [0.2, 0.25) is 5.91 Å². The zero-order valence-electron chi connectivity index (χ0n) is 9.53. The molecule has 0 aliphatic carbocycles. The Morgan fingerprint density at radius 1 is 1.41 bits per heavy atom.